The number of likely N-dealkylation sites (N-methyl/N-ethyl adjacent to an activating group) is 1. The van der Waals surface area contributed by atoms with Crippen LogP contribution in [0.25, 0.3) is 0 Å². The molecule has 0 spiro atoms. The summed E-state index contributed by atoms with van der Waals surface area (Å²) in [5, 5.41) is 2.99. The van der Waals surface area contributed by atoms with Crippen LogP contribution in [0.1, 0.15) is 6.92 Å². The standard InChI is InChI=1S/C9H19F3N2O/c1-8(9(10,11)12)15-7-5-13-4-6-14(2)3/h8,13H,4-7H2,1-3H3. The monoisotopic (exact) mass is 228 g/mol. The van der Waals surface area contributed by atoms with Gasteiger partial charge in [-0.3, -0.25) is 0 Å². The molecular formula is C9H19F3N2O. The summed E-state index contributed by atoms with van der Waals surface area (Å²) >= 11 is 0. The highest BCUT2D eigenvalue weighted by Gasteiger charge is 2.36. The molecule has 1 atom stereocenters. The Labute approximate surface area is 88.6 Å². The van der Waals surface area contributed by atoms with Crippen LogP contribution in [0.4, 0.5) is 13.2 Å². The summed E-state index contributed by atoms with van der Waals surface area (Å²) in [6, 6.07) is 0. The van der Waals surface area contributed by atoms with Crippen LogP contribution in [0, 0.1) is 0 Å². The highest BCUT2D eigenvalue weighted by Crippen LogP contribution is 2.21. The van der Waals surface area contributed by atoms with Crippen LogP contribution in [0.5, 0.6) is 0 Å². The van der Waals surface area contributed by atoms with Gasteiger partial charge >= 0.3 is 6.18 Å². The smallest absolute Gasteiger partial charge is 0.368 e. The molecule has 0 saturated carbocycles. The normalized spacial score (nSPS) is 14.6. The number of alkyl halides is 3. The van der Waals surface area contributed by atoms with E-state index >= 15 is 0 Å². The van der Waals surface area contributed by atoms with E-state index in [0.717, 1.165) is 20.0 Å². The zero-order valence-electron chi connectivity index (χ0n) is 9.40. The van der Waals surface area contributed by atoms with Crippen LogP contribution in [0.3, 0.4) is 0 Å². The number of rotatable bonds is 7. The van der Waals surface area contributed by atoms with Crippen molar-refractivity contribution < 1.29 is 17.9 Å². The average Bonchev–Trinajstić information content (AvgIpc) is 2.08. The molecule has 0 bridgehead atoms. The second kappa shape index (κ2) is 7.03. The van der Waals surface area contributed by atoms with Crippen LogP contribution in [-0.4, -0.2) is 57.5 Å². The quantitative estimate of drug-likeness (QED) is 0.660. The third-order valence-electron chi connectivity index (χ3n) is 1.84. The van der Waals surface area contributed by atoms with Crippen LogP contribution in [0.15, 0.2) is 0 Å². The van der Waals surface area contributed by atoms with Gasteiger partial charge in [0.25, 0.3) is 0 Å². The van der Waals surface area contributed by atoms with Gasteiger partial charge in [-0.1, -0.05) is 0 Å². The molecule has 92 valence electrons. The Kier molecular flexibility index (Phi) is 6.87. The van der Waals surface area contributed by atoms with Crippen molar-refractivity contribution in [3.63, 3.8) is 0 Å². The predicted molar refractivity (Wildman–Crippen MR) is 52.9 cm³/mol. The Balaban J connectivity index is 3.32. The van der Waals surface area contributed by atoms with Gasteiger partial charge in [0.1, 0.15) is 0 Å². The molecule has 0 fully saturated rings. The molecule has 0 aliphatic rings. The average molecular weight is 228 g/mol. The molecule has 0 heterocycles. The zero-order chi connectivity index (χ0) is 11.9. The van der Waals surface area contributed by atoms with Gasteiger partial charge in [0.15, 0.2) is 6.10 Å². The van der Waals surface area contributed by atoms with Crippen molar-refractivity contribution in [3.8, 4) is 0 Å². The Bertz CT molecular complexity index is 162. The maximum absolute atomic E-state index is 12.0. The maximum Gasteiger partial charge on any atom is 0.414 e. The number of nitrogens with zero attached hydrogens (tertiary/aromatic N) is 1. The van der Waals surface area contributed by atoms with Gasteiger partial charge in [-0.05, 0) is 21.0 Å². The number of hydrogen-bond acceptors (Lipinski definition) is 3. The molecule has 15 heavy (non-hydrogen) atoms. The van der Waals surface area contributed by atoms with E-state index in [1.54, 1.807) is 0 Å². The van der Waals surface area contributed by atoms with Crippen molar-refractivity contribution in [1.82, 2.24) is 10.2 Å². The van der Waals surface area contributed by atoms with Crippen LogP contribution in [-0.2, 0) is 4.74 Å². The van der Waals surface area contributed by atoms with Crippen molar-refractivity contribution in [2.75, 3.05) is 40.3 Å². The molecule has 0 saturated heterocycles. The van der Waals surface area contributed by atoms with E-state index in [0.29, 0.717) is 6.54 Å². The lowest BCUT2D eigenvalue weighted by Crippen LogP contribution is -2.33. The van der Waals surface area contributed by atoms with E-state index in [9.17, 15) is 13.2 Å². The fourth-order valence-electron chi connectivity index (χ4n) is 0.830. The molecule has 3 nitrogen and oxygen atoms in total. The molecule has 1 N–H and O–H groups in total. The van der Waals surface area contributed by atoms with E-state index in [-0.39, 0.29) is 6.61 Å². The second-order valence-electron chi connectivity index (χ2n) is 3.61. The van der Waals surface area contributed by atoms with Crippen molar-refractivity contribution in [3.05, 3.63) is 0 Å². The molecule has 0 radical (unpaired) electrons. The zero-order valence-corrected chi connectivity index (χ0v) is 9.40. The Hall–Kier alpha value is -0.330. The molecule has 6 heteroatoms. The van der Waals surface area contributed by atoms with Crippen molar-refractivity contribution in [1.29, 1.82) is 0 Å². The minimum atomic E-state index is -4.26. The topological polar surface area (TPSA) is 24.5 Å². The lowest BCUT2D eigenvalue weighted by molar-refractivity contribution is -0.213. The van der Waals surface area contributed by atoms with Crippen LogP contribution < -0.4 is 5.32 Å². The van der Waals surface area contributed by atoms with E-state index in [4.69, 9.17) is 0 Å². The van der Waals surface area contributed by atoms with E-state index < -0.39 is 12.3 Å². The summed E-state index contributed by atoms with van der Waals surface area (Å²) in [4.78, 5) is 1.99. The summed E-state index contributed by atoms with van der Waals surface area (Å²) < 4.78 is 40.5. The van der Waals surface area contributed by atoms with Crippen molar-refractivity contribution in [2.45, 2.75) is 19.2 Å². The lowest BCUT2D eigenvalue weighted by Gasteiger charge is -2.16. The maximum atomic E-state index is 12.0. The molecular weight excluding hydrogens is 209 g/mol. The summed E-state index contributed by atoms with van der Waals surface area (Å²) in [7, 11) is 3.87. The third-order valence-corrected chi connectivity index (χ3v) is 1.84. The first-order valence-electron chi connectivity index (χ1n) is 4.88. The summed E-state index contributed by atoms with van der Waals surface area (Å²) in [6.07, 6.45) is -5.95. The molecule has 0 aliphatic heterocycles. The number of nitrogens with one attached hydrogen (secondary N) is 1. The van der Waals surface area contributed by atoms with Crippen LogP contribution in [0.2, 0.25) is 0 Å². The van der Waals surface area contributed by atoms with E-state index in [2.05, 4.69) is 10.1 Å². The molecule has 0 aliphatic carbocycles. The van der Waals surface area contributed by atoms with Gasteiger partial charge in [0, 0.05) is 19.6 Å². The van der Waals surface area contributed by atoms with Gasteiger partial charge in [0.2, 0.25) is 0 Å². The largest absolute Gasteiger partial charge is 0.414 e. The van der Waals surface area contributed by atoms with Gasteiger partial charge in [-0.25, -0.2) is 0 Å². The second-order valence-corrected chi connectivity index (χ2v) is 3.61. The molecule has 0 aromatic rings. The number of ether oxygens (including phenoxy) is 1. The first kappa shape index (κ1) is 14.7. The number of hydrogen-bond donors (Lipinski definition) is 1. The van der Waals surface area contributed by atoms with Gasteiger partial charge < -0.3 is 15.0 Å². The van der Waals surface area contributed by atoms with Crippen molar-refractivity contribution >= 4 is 0 Å². The Morgan fingerprint density at radius 3 is 2.33 bits per heavy atom. The number of halogens is 3. The Morgan fingerprint density at radius 2 is 1.87 bits per heavy atom. The predicted octanol–water partition coefficient (Wildman–Crippen LogP) is 1.10. The SMILES string of the molecule is CC(OCCNCCN(C)C)C(F)(F)F. The first-order valence-corrected chi connectivity index (χ1v) is 4.88. The molecule has 0 aromatic carbocycles. The lowest BCUT2D eigenvalue weighted by atomic mass is 10.4. The van der Waals surface area contributed by atoms with E-state index in [1.165, 1.54) is 0 Å². The summed E-state index contributed by atoms with van der Waals surface area (Å²) in [5.41, 5.74) is 0. The van der Waals surface area contributed by atoms with Crippen LogP contribution >= 0.6 is 0 Å². The molecule has 0 amide bonds. The highest BCUT2D eigenvalue weighted by molar-refractivity contribution is 4.61. The fourth-order valence-corrected chi connectivity index (χ4v) is 0.830. The molecule has 0 aromatic heterocycles. The van der Waals surface area contributed by atoms with E-state index in [1.807, 2.05) is 19.0 Å². The summed E-state index contributed by atoms with van der Waals surface area (Å²) in [5.74, 6) is 0. The highest BCUT2D eigenvalue weighted by atomic mass is 19.4. The van der Waals surface area contributed by atoms with Gasteiger partial charge in [-0.15, -0.1) is 0 Å². The first-order chi connectivity index (χ1) is 6.84. The Morgan fingerprint density at radius 1 is 1.27 bits per heavy atom. The minimum Gasteiger partial charge on any atom is -0.368 e. The fraction of sp³-hybridized carbons (Fsp3) is 1.00. The minimum absolute atomic E-state index is 0.0775. The van der Waals surface area contributed by atoms with Gasteiger partial charge in [0.05, 0.1) is 6.61 Å². The molecule has 0 rings (SSSR count). The third kappa shape index (κ3) is 8.65. The summed E-state index contributed by atoms with van der Waals surface area (Å²) in [6.45, 7) is 3.13. The molecule has 1 unspecified atom stereocenters. The van der Waals surface area contributed by atoms with Crippen molar-refractivity contribution in [2.24, 2.45) is 0 Å². The van der Waals surface area contributed by atoms with Gasteiger partial charge in [-0.2, -0.15) is 13.2 Å².